The SMILES string of the molecule is NNC(Cc1ccccc1)Cn1cnc2ccccc21. The molecule has 0 aliphatic rings. The third-order valence-electron chi connectivity index (χ3n) is 3.51. The van der Waals surface area contributed by atoms with E-state index in [0.29, 0.717) is 0 Å². The van der Waals surface area contributed by atoms with Crippen LogP contribution in [0.4, 0.5) is 0 Å². The van der Waals surface area contributed by atoms with E-state index in [1.165, 1.54) is 5.56 Å². The number of hydrogen-bond acceptors (Lipinski definition) is 3. The molecule has 4 nitrogen and oxygen atoms in total. The molecule has 0 radical (unpaired) electrons. The van der Waals surface area contributed by atoms with Gasteiger partial charge in [0.25, 0.3) is 0 Å². The lowest BCUT2D eigenvalue weighted by molar-refractivity contribution is 0.460. The van der Waals surface area contributed by atoms with Crippen molar-refractivity contribution in [3.63, 3.8) is 0 Å². The Bertz CT molecular complexity index is 675. The minimum Gasteiger partial charge on any atom is -0.329 e. The maximum absolute atomic E-state index is 5.70. The summed E-state index contributed by atoms with van der Waals surface area (Å²) in [7, 11) is 0. The highest BCUT2D eigenvalue weighted by Gasteiger charge is 2.10. The van der Waals surface area contributed by atoms with Gasteiger partial charge in [-0.25, -0.2) is 4.98 Å². The minimum absolute atomic E-state index is 0.176. The number of hydrazine groups is 1. The van der Waals surface area contributed by atoms with Crippen LogP contribution in [0.3, 0.4) is 0 Å². The van der Waals surface area contributed by atoms with Crippen LogP contribution in [0.15, 0.2) is 60.9 Å². The molecular weight excluding hydrogens is 248 g/mol. The predicted molar refractivity (Wildman–Crippen MR) is 81.0 cm³/mol. The molecular formula is C16H18N4. The minimum atomic E-state index is 0.176. The second-order valence-corrected chi connectivity index (χ2v) is 4.94. The van der Waals surface area contributed by atoms with Crippen LogP contribution in [-0.2, 0) is 13.0 Å². The Hall–Kier alpha value is -2.17. The van der Waals surface area contributed by atoms with Gasteiger partial charge in [-0.3, -0.25) is 11.3 Å². The van der Waals surface area contributed by atoms with Gasteiger partial charge >= 0.3 is 0 Å². The van der Waals surface area contributed by atoms with Gasteiger partial charge in [-0.1, -0.05) is 42.5 Å². The van der Waals surface area contributed by atoms with Crippen molar-refractivity contribution in [3.8, 4) is 0 Å². The van der Waals surface area contributed by atoms with E-state index in [1.54, 1.807) is 0 Å². The van der Waals surface area contributed by atoms with Gasteiger partial charge in [0.05, 0.1) is 17.4 Å². The zero-order valence-corrected chi connectivity index (χ0v) is 11.2. The molecule has 0 aliphatic heterocycles. The zero-order chi connectivity index (χ0) is 13.8. The van der Waals surface area contributed by atoms with Crippen LogP contribution < -0.4 is 11.3 Å². The Morgan fingerprint density at radius 2 is 1.80 bits per heavy atom. The van der Waals surface area contributed by atoms with Crippen LogP contribution in [0, 0.1) is 0 Å². The number of nitrogens with one attached hydrogen (secondary N) is 1. The largest absolute Gasteiger partial charge is 0.329 e. The fourth-order valence-electron chi connectivity index (χ4n) is 2.47. The van der Waals surface area contributed by atoms with E-state index in [9.17, 15) is 0 Å². The molecule has 1 heterocycles. The Labute approximate surface area is 118 Å². The third-order valence-corrected chi connectivity index (χ3v) is 3.51. The van der Waals surface area contributed by atoms with Gasteiger partial charge < -0.3 is 4.57 Å². The van der Waals surface area contributed by atoms with Crippen molar-refractivity contribution in [2.45, 2.75) is 19.0 Å². The third kappa shape index (κ3) is 2.71. The van der Waals surface area contributed by atoms with E-state index in [4.69, 9.17) is 5.84 Å². The molecule has 20 heavy (non-hydrogen) atoms. The van der Waals surface area contributed by atoms with Gasteiger partial charge in [0.2, 0.25) is 0 Å². The number of nitrogens with two attached hydrogens (primary N) is 1. The Morgan fingerprint density at radius 3 is 2.60 bits per heavy atom. The molecule has 2 aromatic carbocycles. The fraction of sp³-hybridized carbons (Fsp3) is 0.188. The summed E-state index contributed by atoms with van der Waals surface area (Å²) < 4.78 is 2.14. The number of para-hydroxylation sites is 2. The zero-order valence-electron chi connectivity index (χ0n) is 11.2. The average Bonchev–Trinajstić information content (AvgIpc) is 2.91. The summed E-state index contributed by atoms with van der Waals surface area (Å²) in [4.78, 5) is 4.41. The normalized spacial score (nSPS) is 12.7. The Kier molecular flexibility index (Phi) is 3.76. The molecule has 1 atom stereocenters. The van der Waals surface area contributed by atoms with Crippen LogP contribution >= 0.6 is 0 Å². The molecule has 0 spiro atoms. The van der Waals surface area contributed by atoms with Gasteiger partial charge in [-0.15, -0.1) is 0 Å². The number of benzene rings is 2. The highest BCUT2D eigenvalue weighted by Crippen LogP contribution is 2.13. The number of fused-ring (bicyclic) bond motifs is 1. The number of aromatic nitrogens is 2. The van der Waals surface area contributed by atoms with Crippen molar-refractivity contribution in [1.82, 2.24) is 15.0 Å². The summed E-state index contributed by atoms with van der Waals surface area (Å²) in [5, 5.41) is 0. The van der Waals surface area contributed by atoms with Crippen molar-refractivity contribution in [2.75, 3.05) is 0 Å². The molecule has 1 unspecified atom stereocenters. The van der Waals surface area contributed by atoms with Gasteiger partial charge in [-0.05, 0) is 24.1 Å². The quantitative estimate of drug-likeness (QED) is 0.549. The Morgan fingerprint density at radius 1 is 1.05 bits per heavy atom. The Balaban J connectivity index is 1.78. The first-order chi connectivity index (χ1) is 9.86. The molecule has 4 heteroatoms. The lowest BCUT2D eigenvalue weighted by Gasteiger charge is -2.17. The molecule has 3 aromatic rings. The summed E-state index contributed by atoms with van der Waals surface area (Å²) in [6, 6.07) is 18.7. The second-order valence-electron chi connectivity index (χ2n) is 4.94. The van der Waals surface area contributed by atoms with Crippen LogP contribution in [0.25, 0.3) is 11.0 Å². The lowest BCUT2D eigenvalue weighted by atomic mass is 10.1. The summed E-state index contributed by atoms with van der Waals surface area (Å²) in [5.74, 6) is 5.70. The van der Waals surface area contributed by atoms with Gasteiger partial charge in [0, 0.05) is 12.6 Å². The summed E-state index contributed by atoms with van der Waals surface area (Å²) in [5.41, 5.74) is 6.34. The summed E-state index contributed by atoms with van der Waals surface area (Å²) in [6.07, 6.45) is 2.77. The van der Waals surface area contributed by atoms with Crippen LogP contribution in [-0.4, -0.2) is 15.6 Å². The topological polar surface area (TPSA) is 55.9 Å². The van der Waals surface area contributed by atoms with E-state index in [-0.39, 0.29) is 6.04 Å². The maximum atomic E-state index is 5.70. The first kappa shape index (κ1) is 12.8. The van der Waals surface area contributed by atoms with E-state index in [0.717, 1.165) is 24.0 Å². The van der Waals surface area contributed by atoms with E-state index < -0.39 is 0 Å². The van der Waals surface area contributed by atoms with Gasteiger partial charge in [0.15, 0.2) is 0 Å². The standard InChI is InChI=1S/C16H18N4/c17-19-14(10-13-6-2-1-3-7-13)11-20-12-18-15-8-4-5-9-16(15)20/h1-9,12,14,19H,10-11,17H2. The van der Waals surface area contributed by atoms with Crippen molar-refractivity contribution in [3.05, 3.63) is 66.5 Å². The first-order valence-corrected chi connectivity index (χ1v) is 6.77. The molecule has 3 rings (SSSR count). The number of imidazole rings is 1. The molecule has 0 fully saturated rings. The molecule has 0 amide bonds. The molecule has 0 bridgehead atoms. The maximum Gasteiger partial charge on any atom is 0.0958 e. The fourth-order valence-corrected chi connectivity index (χ4v) is 2.47. The number of hydrogen-bond donors (Lipinski definition) is 2. The number of nitrogens with zero attached hydrogens (tertiary/aromatic N) is 2. The molecule has 0 saturated carbocycles. The molecule has 0 aliphatic carbocycles. The van der Waals surface area contributed by atoms with Crippen molar-refractivity contribution in [1.29, 1.82) is 0 Å². The van der Waals surface area contributed by atoms with Crippen LogP contribution in [0.1, 0.15) is 5.56 Å². The molecule has 102 valence electrons. The summed E-state index contributed by atoms with van der Waals surface area (Å²) >= 11 is 0. The molecule has 3 N–H and O–H groups in total. The van der Waals surface area contributed by atoms with Crippen LogP contribution in [0.2, 0.25) is 0 Å². The van der Waals surface area contributed by atoms with Crippen LogP contribution in [0.5, 0.6) is 0 Å². The van der Waals surface area contributed by atoms with E-state index >= 15 is 0 Å². The van der Waals surface area contributed by atoms with Crippen molar-refractivity contribution < 1.29 is 0 Å². The highest BCUT2D eigenvalue weighted by molar-refractivity contribution is 5.74. The number of rotatable bonds is 5. The van der Waals surface area contributed by atoms with E-state index in [2.05, 4.69) is 45.3 Å². The molecule has 0 saturated heterocycles. The predicted octanol–water partition coefficient (Wildman–Crippen LogP) is 2.11. The van der Waals surface area contributed by atoms with Crippen molar-refractivity contribution >= 4 is 11.0 Å². The van der Waals surface area contributed by atoms with Gasteiger partial charge in [0.1, 0.15) is 0 Å². The lowest BCUT2D eigenvalue weighted by Crippen LogP contribution is -2.39. The smallest absolute Gasteiger partial charge is 0.0958 e. The van der Waals surface area contributed by atoms with Gasteiger partial charge in [-0.2, -0.15) is 0 Å². The monoisotopic (exact) mass is 266 g/mol. The van der Waals surface area contributed by atoms with Crippen molar-refractivity contribution in [2.24, 2.45) is 5.84 Å². The first-order valence-electron chi connectivity index (χ1n) is 6.77. The summed E-state index contributed by atoms with van der Waals surface area (Å²) in [6.45, 7) is 0.798. The highest BCUT2D eigenvalue weighted by atomic mass is 15.2. The molecule has 1 aromatic heterocycles. The average molecular weight is 266 g/mol. The van der Waals surface area contributed by atoms with E-state index in [1.807, 2.05) is 30.6 Å². The second kappa shape index (κ2) is 5.86.